The lowest BCUT2D eigenvalue weighted by Gasteiger charge is -2.32. The van der Waals surface area contributed by atoms with Crippen LogP contribution >= 0.6 is 0 Å². The largest absolute Gasteiger partial charge is 0.493 e. The molecule has 0 aromatic heterocycles. The van der Waals surface area contributed by atoms with Gasteiger partial charge in [-0.15, -0.1) is 0 Å². The van der Waals surface area contributed by atoms with E-state index in [-0.39, 0.29) is 29.3 Å². The molecule has 1 heterocycles. The van der Waals surface area contributed by atoms with Crippen molar-refractivity contribution in [3.8, 4) is 11.5 Å². The van der Waals surface area contributed by atoms with Crippen molar-refractivity contribution < 1.29 is 22.7 Å². The summed E-state index contributed by atoms with van der Waals surface area (Å²) in [6, 6.07) is 13.6. The first kappa shape index (κ1) is 22.1. The molecule has 1 aliphatic rings. The highest BCUT2D eigenvalue weighted by Crippen LogP contribution is 2.30. The summed E-state index contributed by atoms with van der Waals surface area (Å²) in [5.41, 5.74) is 0.880. The van der Waals surface area contributed by atoms with Gasteiger partial charge in [-0.25, -0.2) is 8.42 Å². The minimum atomic E-state index is -3.60. The molecule has 0 radical (unpaired) electrons. The Labute approximate surface area is 178 Å². The molecule has 1 N–H and O–H groups in total. The number of carbonyl (C=O) groups excluding carboxylic acids is 1. The molecule has 7 nitrogen and oxygen atoms in total. The lowest BCUT2D eigenvalue weighted by molar-refractivity contribution is -0.126. The fourth-order valence-electron chi connectivity index (χ4n) is 3.65. The van der Waals surface area contributed by atoms with E-state index in [4.69, 9.17) is 9.47 Å². The van der Waals surface area contributed by atoms with Crippen LogP contribution in [-0.4, -0.2) is 45.9 Å². The van der Waals surface area contributed by atoms with Crippen molar-refractivity contribution in [3.63, 3.8) is 0 Å². The summed E-state index contributed by atoms with van der Waals surface area (Å²) in [7, 11) is -0.468. The zero-order chi connectivity index (χ0) is 21.7. The van der Waals surface area contributed by atoms with E-state index in [1.54, 1.807) is 50.6 Å². The van der Waals surface area contributed by atoms with Crippen molar-refractivity contribution in [1.29, 1.82) is 0 Å². The van der Waals surface area contributed by atoms with Gasteiger partial charge in [-0.2, -0.15) is 4.31 Å². The van der Waals surface area contributed by atoms with Gasteiger partial charge in [0.25, 0.3) is 0 Å². The topological polar surface area (TPSA) is 84.9 Å². The van der Waals surface area contributed by atoms with E-state index < -0.39 is 10.0 Å². The zero-order valence-electron chi connectivity index (χ0n) is 17.5. The molecule has 2 aromatic carbocycles. The Morgan fingerprint density at radius 1 is 1.10 bits per heavy atom. The van der Waals surface area contributed by atoms with E-state index in [2.05, 4.69) is 5.32 Å². The van der Waals surface area contributed by atoms with E-state index >= 15 is 0 Å². The third kappa shape index (κ3) is 4.76. The molecule has 0 aliphatic carbocycles. The molecule has 162 valence electrons. The standard InChI is InChI=1S/C22H28N2O5S/c1-16(17-11-12-20(28-2)21(14-17)29-3)23-22(25)18-8-7-13-24(15-18)30(26,27)19-9-5-4-6-10-19/h4-6,9-12,14,16,18H,7-8,13,15H2,1-3H3,(H,23,25)/t16-,18-/m0/s1. The molecular weight excluding hydrogens is 404 g/mol. The van der Waals surface area contributed by atoms with Gasteiger partial charge < -0.3 is 14.8 Å². The predicted octanol–water partition coefficient (Wildman–Crippen LogP) is 2.98. The Hall–Kier alpha value is -2.58. The number of nitrogens with one attached hydrogen (secondary N) is 1. The van der Waals surface area contributed by atoms with Gasteiger partial charge in [0.15, 0.2) is 11.5 Å². The van der Waals surface area contributed by atoms with Crippen LogP contribution in [0.4, 0.5) is 0 Å². The van der Waals surface area contributed by atoms with Gasteiger partial charge in [0.2, 0.25) is 15.9 Å². The van der Waals surface area contributed by atoms with Crippen molar-refractivity contribution in [2.45, 2.75) is 30.7 Å². The van der Waals surface area contributed by atoms with Crippen LogP contribution in [0, 0.1) is 5.92 Å². The van der Waals surface area contributed by atoms with Crippen LogP contribution in [0.25, 0.3) is 0 Å². The number of amides is 1. The second kappa shape index (κ2) is 9.49. The lowest BCUT2D eigenvalue weighted by Crippen LogP contribution is -2.45. The number of methoxy groups -OCH3 is 2. The number of rotatable bonds is 7. The second-order valence-corrected chi connectivity index (χ2v) is 9.30. The fraction of sp³-hybridized carbons (Fsp3) is 0.409. The normalized spacial score (nSPS) is 18.4. The van der Waals surface area contributed by atoms with Crippen molar-refractivity contribution in [1.82, 2.24) is 9.62 Å². The van der Waals surface area contributed by atoms with Gasteiger partial charge in [-0.1, -0.05) is 24.3 Å². The summed E-state index contributed by atoms with van der Waals surface area (Å²) in [4.78, 5) is 13.1. The Balaban J connectivity index is 1.68. The van der Waals surface area contributed by atoms with Crippen LogP contribution in [0.5, 0.6) is 11.5 Å². The Bertz CT molecular complexity index is 978. The highest BCUT2D eigenvalue weighted by Gasteiger charge is 2.33. The van der Waals surface area contributed by atoms with Crippen molar-refractivity contribution in [3.05, 3.63) is 54.1 Å². The maximum Gasteiger partial charge on any atom is 0.243 e. The van der Waals surface area contributed by atoms with E-state index in [1.165, 1.54) is 4.31 Å². The van der Waals surface area contributed by atoms with E-state index in [1.807, 2.05) is 19.1 Å². The molecule has 8 heteroatoms. The number of hydrogen-bond acceptors (Lipinski definition) is 5. The summed E-state index contributed by atoms with van der Waals surface area (Å²) in [6.45, 7) is 2.49. The van der Waals surface area contributed by atoms with Gasteiger partial charge in [-0.3, -0.25) is 4.79 Å². The van der Waals surface area contributed by atoms with Gasteiger partial charge in [-0.05, 0) is 49.6 Å². The number of carbonyl (C=O) groups is 1. The number of nitrogens with zero attached hydrogens (tertiary/aromatic N) is 1. The van der Waals surface area contributed by atoms with E-state index in [0.717, 1.165) is 5.56 Å². The van der Waals surface area contributed by atoms with Crippen molar-refractivity contribution in [2.75, 3.05) is 27.3 Å². The summed E-state index contributed by atoms with van der Waals surface area (Å²) in [5.74, 6) is 0.674. The van der Waals surface area contributed by atoms with Crippen LogP contribution in [0.3, 0.4) is 0 Å². The molecule has 1 fully saturated rings. The Morgan fingerprint density at radius 2 is 1.80 bits per heavy atom. The molecule has 1 amide bonds. The molecule has 0 bridgehead atoms. The quantitative estimate of drug-likeness (QED) is 0.727. The highest BCUT2D eigenvalue weighted by atomic mass is 32.2. The lowest BCUT2D eigenvalue weighted by atomic mass is 9.98. The SMILES string of the molecule is COc1ccc([C@H](C)NC(=O)[C@H]2CCCN(S(=O)(=O)c3ccccc3)C2)cc1OC. The first-order chi connectivity index (χ1) is 14.4. The number of hydrogen-bond donors (Lipinski definition) is 1. The highest BCUT2D eigenvalue weighted by molar-refractivity contribution is 7.89. The smallest absolute Gasteiger partial charge is 0.243 e. The number of piperidine rings is 1. The third-order valence-electron chi connectivity index (χ3n) is 5.40. The summed E-state index contributed by atoms with van der Waals surface area (Å²) in [6.07, 6.45) is 1.31. The second-order valence-electron chi connectivity index (χ2n) is 7.36. The van der Waals surface area contributed by atoms with Crippen LogP contribution < -0.4 is 14.8 Å². The summed E-state index contributed by atoms with van der Waals surface area (Å²) in [5, 5.41) is 3.01. The minimum absolute atomic E-state index is 0.148. The van der Waals surface area contributed by atoms with Gasteiger partial charge in [0.05, 0.1) is 31.1 Å². The molecule has 3 rings (SSSR count). The van der Waals surface area contributed by atoms with E-state index in [9.17, 15) is 13.2 Å². The minimum Gasteiger partial charge on any atom is -0.493 e. The van der Waals surface area contributed by atoms with E-state index in [0.29, 0.717) is 30.9 Å². The number of benzene rings is 2. The van der Waals surface area contributed by atoms with Crippen LogP contribution in [-0.2, 0) is 14.8 Å². The van der Waals surface area contributed by atoms with Crippen LogP contribution in [0.15, 0.2) is 53.4 Å². The molecule has 2 atom stereocenters. The molecule has 1 aliphatic heterocycles. The Morgan fingerprint density at radius 3 is 2.47 bits per heavy atom. The fourth-order valence-corrected chi connectivity index (χ4v) is 5.20. The molecule has 30 heavy (non-hydrogen) atoms. The molecule has 1 saturated heterocycles. The number of sulfonamides is 1. The number of ether oxygens (including phenoxy) is 2. The van der Waals surface area contributed by atoms with Crippen LogP contribution in [0.1, 0.15) is 31.4 Å². The molecule has 2 aromatic rings. The summed E-state index contributed by atoms with van der Waals surface area (Å²) >= 11 is 0. The zero-order valence-corrected chi connectivity index (χ0v) is 18.3. The molecule has 0 spiro atoms. The van der Waals surface area contributed by atoms with Gasteiger partial charge >= 0.3 is 0 Å². The molecule has 0 unspecified atom stereocenters. The maximum absolute atomic E-state index is 12.9. The molecular formula is C22H28N2O5S. The van der Waals surface area contributed by atoms with Gasteiger partial charge in [0.1, 0.15) is 0 Å². The van der Waals surface area contributed by atoms with Gasteiger partial charge in [0, 0.05) is 13.1 Å². The molecule has 0 saturated carbocycles. The maximum atomic E-state index is 12.9. The first-order valence-corrected chi connectivity index (χ1v) is 11.4. The third-order valence-corrected chi connectivity index (χ3v) is 7.28. The van der Waals surface area contributed by atoms with Crippen molar-refractivity contribution in [2.24, 2.45) is 5.92 Å². The Kier molecular flexibility index (Phi) is 6.99. The average Bonchev–Trinajstić information content (AvgIpc) is 2.79. The van der Waals surface area contributed by atoms with Crippen molar-refractivity contribution >= 4 is 15.9 Å². The van der Waals surface area contributed by atoms with Crippen LogP contribution in [0.2, 0.25) is 0 Å². The average molecular weight is 433 g/mol. The summed E-state index contributed by atoms with van der Waals surface area (Å²) < 4.78 is 37.8. The predicted molar refractivity (Wildman–Crippen MR) is 114 cm³/mol. The monoisotopic (exact) mass is 432 g/mol. The first-order valence-electron chi connectivity index (χ1n) is 9.94.